The van der Waals surface area contributed by atoms with Gasteiger partial charge in [0.1, 0.15) is 0 Å². The van der Waals surface area contributed by atoms with Crippen molar-refractivity contribution in [1.29, 1.82) is 31.6 Å². The van der Waals surface area contributed by atoms with Crippen molar-refractivity contribution in [2.24, 2.45) is 0 Å². The van der Waals surface area contributed by atoms with Crippen LogP contribution >= 0.6 is 0 Å². The number of hydrogen-bond acceptors (Lipinski definition) is 6. The third-order valence-corrected chi connectivity index (χ3v) is 0. The van der Waals surface area contributed by atoms with E-state index in [-0.39, 0.29) is 22.3 Å². The summed E-state index contributed by atoms with van der Waals surface area (Å²) >= 11 is 0. The smallest absolute Gasteiger partial charge is 0 e. The molecule has 0 heterocycles. The van der Waals surface area contributed by atoms with Crippen molar-refractivity contribution in [2.75, 3.05) is 0 Å². The largest absolute Gasteiger partial charge is 0.512 e. The standard InChI is InChI=1S/6CN.Co.H2O/c6*1-2;;/h;;;;;;;1H2/q6*-1;;. The minimum atomic E-state index is 0. The Morgan fingerprint density at radius 1 is 0.357 bits per heavy atom. The topological polar surface area (TPSA) is 174 Å². The molecule has 0 aliphatic rings. The molecular formula is C6H2CoN6O-6. The SMILES string of the molecule is O.[C-]#N.[C-]#N.[C-]#N.[C-]#N.[C-]#N.[C-]#N.[Co]. The summed E-state index contributed by atoms with van der Waals surface area (Å²) in [6, 6.07) is 0. The van der Waals surface area contributed by atoms with Crippen molar-refractivity contribution in [3.8, 4) is 0 Å². The molecule has 0 unspecified atom stereocenters. The van der Waals surface area contributed by atoms with Crippen LogP contribution in [0, 0.1) is 71.0 Å². The maximum absolute atomic E-state index is 6.25. The molecule has 0 saturated carbocycles. The molecule has 0 aromatic carbocycles. The zero-order valence-electron chi connectivity index (χ0n) is 6.52. The summed E-state index contributed by atoms with van der Waals surface area (Å²) in [5.41, 5.74) is 0. The predicted octanol–water partition coefficient (Wildman–Crippen LogP) is -0.249. The molecule has 1 radical (unpaired) electrons. The first-order valence-corrected chi connectivity index (χ1v) is 1.34. The molecule has 77 valence electrons. The summed E-state index contributed by atoms with van der Waals surface area (Å²) < 4.78 is 0. The molecule has 0 aliphatic heterocycles. The van der Waals surface area contributed by atoms with Gasteiger partial charge in [0.15, 0.2) is 0 Å². The molecule has 0 aromatic heterocycles. The van der Waals surface area contributed by atoms with Crippen LogP contribution in [0.4, 0.5) is 0 Å². The molecule has 0 spiro atoms. The molecule has 0 rings (SSSR count). The molecule has 0 aromatic rings. The maximum Gasteiger partial charge on any atom is 0 e. The molecule has 0 aliphatic carbocycles. The summed E-state index contributed by atoms with van der Waals surface area (Å²) in [7, 11) is 0. The van der Waals surface area contributed by atoms with E-state index in [0.29, 0.717) is 0 Å². The number of hydrogen-bond donors (Lipinski definition) is 0. The Hall–Kier alpha value is -2.59. The first-order chi connectivity index (χ1) is 6.00. The molecule has 2 N–H and O–H groups in total. The van der Waals surface area contributed by atoms with Gasteiger partial charge in [-0.2, -0.15) is 0 Å². The van der Waals surface area contributed by atoms with Crippen LogP contribution < -0.4 is 0 Å². The average molecular weight is 233 g/mol. The van der Waals surface area contributed by atoms with E-state index in [9.17, 15) is 0 Å². The monoisotopic (exact) mass is 233 g/mol. The summed E-state index contributed by atoms with van der Waals surface area (Å²) in [6.45, 7) is 28.5. The molecule has 14 heavy (non-hydrogen) atoms. The van der Waals surface area contributed by atoms with E-state index in [1.54, 1.807) is 0 Å². The molecule has 0 bridgehead atoms. The molecule has 7 nitrogen and oxygen atoms in total. The van der Waals surface area contributed by atoms with Crippen LogP contribution in [0.25, 0.3) is 0 Å². The molecule has 0 saturated heterocycles. The second kappa shape index (κ2) is 137. The minimum Gasteiger partial charge on any atom is -0.512 e. The fraction of sp³-hybridized carbons (Fsp3) is 0. The van der Waals surface area contributed by atoms with Crippen molar-refractivity contribution in [3.05, 3.63) is 39.4 Å². The van der Waals surface area contributed by atoms with Gasteiger partial charge in [-0.15, -0.1) is 0 Å². The Bertz CT molecular complexity index is 97.3. The maximum atomic E-state index is 6.25. The third-order valence-electron chi connectivity index (χ3n) is 0. The van der Waals surface area contributed by atoms with Crippen LogP contribution in [-0.4, -0.2) is 5.48 Å². The van der Waals surface area contributed by atoms with E-state index in [1.165, 1.54) is 0 Å². The third kappa shape index (κ3) is 98.8. The molecule has 0 fully saturated rings. The van der Waals surface area contributed by atoms with Crippen LogP contribution in [0.15, 0.2) is 0 Å². The van der Waals surface area contributed by atoms with Crippen LogP contribution in [0.5, 0.6) is 0 Å². The molecule has 0 amide bonds. The van der Waals surface area contributed by atoms with Crippen molar-refractivity contribution < 1.29 is 22.3 Å². The fourth-order valence-electron chi connectivity index (χ4n) is 0. The summed E-state index contributed by atoms with van der Waals surface area (Å²) in [4.78, 5) is 0. The van der Waals surface area contributed by atoms with Crippen LogP contribution in [0.3, 0.4) is 0 Å². The van der Waals surface area contributed by atoms with Gasteiger partial charge in [-0.3, -0.25) is 0 Å². The zero-order chi connectivity index (χ0) is 12.0. The Balaban J connectivity index is -0.00000000500. The normalized spacial score (nSPS) is 0.857. The molecular weight excluding hydrogens is 231 g/mol. The van der Waals surface area contributed by atoms with E-state index in [2.05, 4.69) is 0 Å². The van der Waals surface area contributed by atoms with Crippen molar-refractivity contribution >= 4 is 0 Å². The predicted molar refractivity (Wildman–Crippen MR) is 33.4 cm³/mol. The quantitative estimate of drug-likeness (QED) is 0.521. The Labute approximate surface area is 93.7 Å². The molecule has 8 heteroatoms. The zero-order valence-corrected chi connectivity index (χ0v) is 7.56. The minimum absolute atomic E-state index is 0. The van der Waals surface area contributed by atoms with E-state index < -0.39 is 0 Å². The van der Waals surface area contributed by atoms with E-state index >= 15 is 0 Å². The Kier molecular flexibility index (Phi) is 1040. The number of rotatable bonds is 0. The van der Waals surface area contributed by atoms with Crippen molar-refractivity contribution in [3.63, 3.8) is 0 Å². The Morgan fingerprint density at radius 3 is 0.357 bits per heavy atom. The second-order valence-corrected chi connectivity index (χ2v) is 0. The first-order valence-electron chi connectivity index (χ1n) is 1.34. The summed E-state index contributed by atoms with van der Waals surface area (Å²) in [5, 5.41) is 37.5. The number of nitrogens with zero attached hydrogens (tertiary/aromatic N) is 6. The molecule has 0 atom stereocenters. The van der Waals surface area contributed by atoms with E-state index in [0.717, 1.165) is 0 Å². The van der Waals surface area contributed by atoms with Crippen LogP contribution in [0.1, 0.15) is 0 Å². The van der Waals surface area contributed by atoms with Crippen LogP contribution in [-0.2, 0) is 16.8 Å². The van der Waals surface area contributed by atoms with Gasteiger partial charge >= 0.3 is 0 Å². The van der Waals surface area contributed by atoms with Gasteiger partial charge in [0, 0.05) is 16.8 Å². The van der Waals surface area contributed by atoms with Gasteiger partial charge in [-0.05, 0) is 0 Å². The fourth-order valence-corrected chi connectivity index (χ4v) is 0. The van der Waals surface area contributed by atoms with Gasteiger partial charge in [0.25, 0.3) is 0 Å². The second-order valence-electron chi connectivity index (χ2n) is 0. The van der Waals surface area contributed by atoms with E-state index in [1.807, 2.05) is 0 Å². The van der Waals surface area contributed by atoms with Crippen LogP contribution in [0.2, 0.25) is 0 Å². The van der Waals surface area contributed by atoms with Gasteiger partial charge < -0.3 is 76.5 Å². The van der Waals surface area contributed by atoms with Crippen molar-refractivity contribution in [2.45, 2.75) is 0 Å². The van der Waals surface area contributed by atoms with E-state index in [4.69, 9.17) is 71.0 Å². The van der Waals surface area contributed by atoms with Gasteiger partial charge in [0.2, 0.25) is 0 Å². The average Bonchev–Trinajstić information content (AvgIpc) is 2.33. The summed E-state index contributed by atoms with van der Waals surface area (Å²) in [5.74, 6) is 0. The van der Waals surface area contributed by atoms with Gasteiger partial charge in [-0.25, -0.2) is 0 Å². The first kappa shape index (κ1) is 106. The Morgan fingerprint density at radius 2 is 0.357 bits per heavy atom. The summed E-state index contributed by atoms with van der Waals surface area (Å²) in [6.07, 6.45) is 0. The van der Waals surface area contributed by atoms with Crippen molar-refractivity contribution in [1.82, 2.24) is 0 Å². The van der Waals surface area contributed by atoms with Gasteiger partial charge in [0.05, 0.1) is 0 Å². The van der Waals surface area contributed by atoms with Gasteiger partial charge in [-0.1, -0.05) is 0 Å².